The van der Waals surface area contributed by atoms with Crippen LogP contribution in [-0.2, 0) is 20.7 Å². The van der Waals surface area contributed by atoms with Crippen LogP contribution < -0.4 is 0 Å². The van der Waals surface area contributed by atoms with Gasteiger partial charge in [0.1, 0.15) is 11.1 Å². The number of hydrogen-bond acceptors (Lipinski definition) is 5. The number of aliphatic hydroxyl groups is 1. The van der Waals surface area contributed by atoms with E-state index in [1.807, 2.05) is 128 Å². The summed E-state index contributed by atoms with van der Waals surface area (Å²) >= 11 is 0. The SMILES string of the molecule is CCOC(=O)CC(O)(c1ccc2cc(C(=O)N(C(C)C)C(C)C)ccc2c1)c1cn(C(c2ccccc2)(c2ccccc2)c2ccccc2)cn1. The molecule has 7 heteroatoms. The lowest BCUT2D eigenvalue weighted by molar-refractivity contribution is -0.147. The Morgan fingerprint density at radius 2 is 1.24 bits per heavy atom. The number of aromatic nitrogens is 2. The maximum Gasteiger partial charge on any atom is 0.309 e. The van der Waals surface area contributed by atoms with Gasteiger partial charge in [0.05, 0.1) is 25.0 Å². The summed E-state index contributed by atoms with van der Waals surface area (Å²) in [5.74, 6) is -0.576. The van der Waals surface area contributed by atoms with E-state index in [0.29, 0.717) is 16.8 Å². The lowest BCUT2D eigenvalue weighted by Crippen LogP contribution is -2.42. The number of imidazole rings is 1. The van der Waals surface area contributed by atoms with Crippen LogP contribution in [0, 0.1) is 0 Å². The number of nitrogens with zero attached hydrogens (tertiary/aromatic N) is 3. The van der Waals surface area contributed by atoms with Crippen LogP contribution >= 0.6 is 0 Å². The van der Waals surface area contributed by atoms with Gasteiger partial charge in [-0.15, -0.1) is 0 Å². The molecular weight excluding hydrogens is 635 g/mol. The maximum absolute atomic E-state index is 13.5. The molecule has 0 spiro atoms. The van der Waals surface area contributed by atoms with Gasteiger partial charge >= 0.3 is 5.97 Å². The molecule has 0 radical (unpaired) electrons. The smallest absolute Gasteiger partial charge is 0.309 e. The zero-order chi connectivity index (χ0) is 36.2. The highest BCUT2D eigenvalue weighted by Crippen LogP contribution is 2.42. The van der Waals surface area contributed by atoms with Gasteiger partial charge in [0, 0.05) is 23.8 Å². The number of amides is 1. The molecule has 0 aliphatic rings. The van der Waals surface area contributed by atoms with Crippen LogP contribution in [0.3, 0.4) is 0 Å². The van der Waals surface area contributed by atoms with Gasteiger partial charge < -0.3 is 19.3 Å². The highest BCUT2D eigenvalue weighted by atomic mass is 16.5. The molecule has 1 aromatic heterocycles. The Kier molecular flexibility index (Phi) is 10.2. The van der Waals surface area contributed by atoms with Crippen LogP contribution in [-0.4, -0.2) is 50.1 Å². The Hall–Kier alpha value is -5.53. The molecule has 260 valence electrons. The van der Waals surface area contributed by atoms with Crippen molar-refractivity contribution in [2.75, 3.05) is 6.61 Å². The molecule has 1 N–H and O–H groups in total. The lowest BCUT2D eigenvalue weighted by atomic mass is 9.76. The predicted molar refractivity (Wildman–Crippen MR) is 201 cm³/mol. The van der Waals surface area contributed by atoms with Gasteiger partial charge in [-0.25, -0.2) is 4.98 Å². The summed E-state index contributed by atoms with van der Waals surface area (Å²) in [5, 5.41) is 14.4. The second-order valence-electron chi connectivity index (χ2n) is 13.5. The number of benzene rings is 5. The molecule has 1 atom stereocenters. The number of ether oxygens (including phenoxy) is 1. The molecule has 0 bridgehead atoms. The number of fused-ring (bicyclic) bond motifs is 1. The Balaban J connectivity index is 1.51. The van der Waals surface area contributed by atoms with Crippen LogP contribution in [0.4, 0.5) is 0 Å². The number of carbonyl (C=O) groups is 2. The van der Waals surface area contributed by atoms with Crippen molar-refractivity contribution in [1.29, 1.82) is 0 Å². The number of hydrogen-bond donors (Lipinski definition) is 1. The van der Waals surface area contributed by atoms with E-state index in [-0.39, 0.29) is 31.0 Å². The Morgan fingerprint density at radius 3 is 1.75 bits per heavy atom. The molecule has 6 aromatic rings. The highest BCUT2D eigenvalue weighted by Gasteiger charge is 2.42. The first-order valence-electron chi connectivity index (χ1n) is 17.6. The summed E-state index contributed by atoms with van der Waals surface area (Å²) in [6.45, 7) is 9.98. The van der Waals surface area contributed by atoms with Gasteiger partial charge in [0.25, 0.3) is 5.91 Å². The van der Waals surface area contributed by atoms with Crippen molar-refractivity contribution in [2.45, 2.75) is 64.3 Å². The van der Waals surface area contributed by atoms with Gasteiger partial charge in [0.2, 0.25) is 0 Å². The summed E-state index contributed by atoms with van der Waals surface area (Å²) in [4.78, 5) is 33.4. The molecule has 5 aromatic carbocycles. The second-order valence-corrected chi connectivity index (χ2v) is 13.5. The minimum Gasteiger partial charge on any atom is -0.466 e. The van der Waals surface area contributed by atoms with E-state index < -0.39 is 17.1 Å². The quantitative estimate of drug-likeness (QED) is 0.104. The third-order valence-corrected chi connectivity index (χ3v) is 9.59. The first-order valence-corrected chi connectivity index (χ1v) is 17.6. The molecule has 6 rings (SSSR count). The van der Waals surface area contributed by atoms with Crippen molar-refractivity contribution in [2.24, 2.45) is 0 Å². The summed E-state index contributed by atoms with van der Waals surface area (Å²) in [5.41, 5.74) is 1.71. The van der Waals surface area contributed by atoms with Gasteiger partial charge in [0.15, 0.2) is 0 Å². The summed E-state index contributed by atoms with van der Waals surface area (Å²) in [7, 11) is 0. The van der Waals surface area contributed by atoms with Gasteiger partial charge in [-0.2, -0.15) is 0 Å². The van der Waals surface area contributed by atoms with E-state index >= 15 is 0 Å². The fourth-order valence-corrected chi connectivity index (χ4v) is 7.32. The average molecular weight is 680 g/mol. The molecule has 1 heterocycles. The Labute approximate surface area is 300 Å². The molecule has 1 unspecified atom stereocenters. The van der Waals surface area contributed by atoms with E-state index in [1.54, 1.807) is 19.3 Å². The van der Waals surface area contributed by atoms with Crippen molar-refractivity contribution in [3.8, 4) is 0 Å². The van der Waals surface area contributed by atoms with E-state index in [1.165, 1.54) is 0 Å². The van der Waals surface area contributed by atoms with Gasteiger partial charge in [-0.1, -0.05) is 109 Å². The molecule has 51 heavy (non-hydrogen) atoms. The minimum absolute atomic E-state index is 0.0333. The predicted octanol–water partition coefficient (Wildman–Crippen LogP) is 8.32. The zero-order valence-electron chi connectivity index (χ0n) is 29.9. The van der Waals surface area contributed by atoms with E-state index in [9.17, 15) is 14.7 Å². The number of rotatable bonds is 12. The molecule has 0 aliphatic carbocycles. The summed E-state index contributed by atoms with van der Waals surface area (Å²) in [6, 6.07) is 41.9. The molecule has 0 fully saturated rings. The number of carbonyl (C=O) groups excluding carboxylic acids is 2. The summed E-state index contributed by atoms with van der Waals surface area (Å²) in [6.07, 6.45) is 3.23. The van der Waals surface area contributed by atoms with Crippen molar-refractivity contribution in [3.05, 3.63) is 173 Å². The molecule has 0 saturated carbocycles. The van der Waals surface area contributed by atoms with Crippen molar-refractivity contribution >= 4 is 22.6 Å². The Bertz CT molecular complexity index is 2000. The Morgan fingerprint density at radius 1 is 0.725 bits per heavy atom. The molecule has 1 amide bonds. The molecule has 0 aliphatic heterocycles. The fraction of sp³-hybridized carbons (Fsp3) is 0.250. The van der Waals surface area contributed by atoms with Crippen LogP contribution in [0.15, 0.2) is 140 Å². The van der Waals surface area contributed by atoms with Crippen LogP contribution in [0.1, 0.15) is 79.3 Å². The van der Waals surface area contributed by atoms with Crippen molar-refractivity contribution in [1.82, 2.24) is 14.5 Å². The standard InChI is InChI=1S/C44H45N3O4/c1-6-51-41(48)28-43(50,39-25-24-33-26-35(23-22-34(33)27-39)42(49)47(31(2)3)32(4)5)40-29-46(30-45-40)44(36-16-10-7-11-17-36,37-18-12-8-13-19-37)38-20-14-9-15-21-38/h7-27,29-32,50H,6,28H2,1-5H3. The fourth-order valence-electron chi connectivity index (χ4n) is 7.32. The first-order chi connectivity index (χ1) is 24.6. The van der Waals surface area contributed by atoms with Crippen LogP contribution in [0.2, 0.25) is 0 Å². The lowest BCUT2D eigenvalue weighted by Gasteiger charge is -2.37. The third-order valence-electron chi connectivity index (χ3n) is 9.59. The topological polar surface area (TPSA) is 84.7 Å². The van der Waals surface area contributed by atoms with Gasteiger partial charge in [-0.05, 0) is 85.8 Å². The van der Waals surface area contributed by atoms with E-state index in [0.717, 1.165) is 27.5 Å². The van der Waals surface area contributed by atoms with E-state index in [2.05, 4.69) is 36.4 Å². The third kappa shape index (κ3) is 6.69. The maximum atomic E-state index is 13.5. The largest absolute Gasteiger partial charge is 0.466 e. The van der Waals surface area contributed by atoms with Crippen molar-refractivity contribution < 1.29 is 19.4 Å². The van der Waals surface area contributed by atoms with Crippen molar-refractivity contribution in [3.63, 3.8) is 0 Å². The zero-order valence-corrected chi connectivity index (χ0v) is 29.9. The summed E-state index contributed by atoms with van der Waals surface area (Å²) < 4.78 is 7.40. The molecular formula is C44H45N3O4. The molecule has 7 nitrogen and oxygen atoms in total. The monoisotopic (exact) mass is 679 g/mol. The first kappa shape index (κ1) is 35.3. The average Bonchev–Trinajstić information content (AvgIpc) is 3.64. The van der Waals surface area contributed by atoms with Crippen LogP contribution in [0.25, 0.3) is 10.8 Å². The second kappa shape index (κ2) is 14.8. The molecule has 0 saturated heterocycles. The minimum atomic E-state index is -1.83. The highest BCUT2D eigenvalue weighted by molar-refractivity contribution is 5.99. The number of esters is 1. The van der Waals surface area contributed by atoms with Crippen LogP contribution in [0.5, 0.6) is 0 Å². The normalized spacial score (nSPS) is 12.9. The van der Waals surface area contributed by atoms with E-state index in [4.69, 9.17) is 9.72 Å². The van der Waals surface area contributed by atoms with Gasteiger partial charge in [-0.3, -0.25) is 9.59 Å².